The third kappa shape index (κ3) is 13.7. The van der Waals surface area contributed by atoms with E-state index < -0.39 is 102 Å². The van der Waals surface area contributed by atoms with E-state index in [-0.39, 0.29) is 50.0 Å². The maximum atomic E-state index is 14.5. The Morgan fingerprint density at radius 1 is 0.955 bits per heavy atom. The summed E-state index contributed by atoms with van der Waals surface area (Å²) in [6.07, 6.45) is 3.23. The number of ketones is 2. The van der Waals surface area contributed by atoms with E-state index in [1.54, 1.807) is 33.9 Å². The average Bonchev–Trinajstić information content (AvgIpc) is 3.30. The monoisotopic (exact) mass is 943 g/mol. The number of nitrogens with zero attached hydrogens (tertiary/aromatic N) is 1. The van der Waals surface area contributed by atoms with E-state index in [1.165, 1.54) is 37.3 Å². The van der Waals surface area contributed by atoms with Gasteiger partial charge in [0.05, 0.1) is 30.5 Å². The van der Waals surface area contributed by atoms with Gasteiger partial charge in [0.2, 0.25) is 11.7 Å². The predicted molar refractivity (Wildman–Crippen MR) is 247 cm³/mol. The van der Waals surface area contributed by atoms with Crippen LogP contribution in [0.4, 0.5) is 10.1 Å². The zero-order valence-corrected chi connectivity index (χ0v) is 40.9. The van der Waals surface area contributed by atoms with Crippen LogP contribution >= 0.6 is 0 Å². The number of carbonyl (C=O) groups is 5. The van der Waals surface area contributed by atoms with Crippen molar-refractivity contribution in [2.75, 3.05) is 39.8 Å². The Kier molecular flexibility index (Phi) is 19.8. The number of ether oxygens (including phenoxy) is 6. The number of hydrogen-bond acceptors (Lipinski definition) is 13. The Morgan fingerprint density at radius 2 is 1.66 bits per heavy atom. The highest BCUT2D eigenvalue weighted by atomic mass is 19.1. The molecule has 0 spiro atoms. The van der Waals surface area contributed by atoms with Crippen LogP contribution in [0.25, 0.3) is 0 Å². The maximum Gasteiger partial charge on any atom is 0.329 e. The molecule has 1 aliphatic carbocycles. The third-order valence-electron chi connectivity index (χ3n) is 14.4. The summed E-state index contributed by atoms with van der Waals surface area (Å²) in [5.41, 5.74) is 1.90. The summed E-state index contributed by atoms with van der Waals surface area (Å²) in [5, 5.41) is 26.6. The maximum absolute atomic E-state index is 14.5. The number of anilines is 1. The van der Waals surface area contributed by atoms with Gasteiger partial charge in [0.1, 0.15) is 36.5 Å². The minimum Gasteiger partial charge on any atom is -0.456 e. The van der Waals surface area contributed by atoms with Crippen molar-refractivity contribution in [3.05, 3.63) is 53.4 Å². The van der Waals surface area contributed by atoms with E-state index in [0.29, 0.717) is 62.6 Å². The summed E-state index contributed by atoms with van der Waals surface area (Å²) in [5.74, 6) is -8.82. The number of carbonyl (C=O) groups excluding carboxylic acids is 5. The molecule has 2 amide bonds. The number of nitrogens with one attached hydrogen (secondary N) is 1. The molecule has 15 nitrogen and oxygen atoms in total. The standard InChI is InChI=1S/C51H75FN2O13/c1-10-35-21-29(2)20-30(3)22-43(63-8)47-44(64-9)24-32(5)51(61,67-47)48(58)49(59)54-19-12-11-16-38(54)50(60)66-46(33(6)39(55)27-40(35)56)31(4)23-34-17-18-41(42(25-34)62-7)65-28-45(57)53-37-15-13-14-36(52)26-37/h13-15,21,23,26,30,32-35,38-39,41-44,46-47,55,61H,10-12,16-20,22,24-25,27-28H2,1-9H3,(H,53,57)/b29-21+,31-23+/t30-,32+,33+,34?,35+,38-,39-,41+,42+,43-,44-,46+,47+,51+/m0/s1. The van der Waals surface area contributed by atoms with E-state index >= 15 is 0 Å². The SMILES string of the molecule is CC[C@@H]1/C=C(\C)C[C@H](C)C[C@H](OC)[C@H]2O[C@@](O)(C(=O)C(=O)N3CCCC[C@H]3C(=O)O[C@H](/C(C)=C/C3CC[C@@H](OCC(=O)Nc4cccc(F)c4)[C@H](OC)C3)[C@H](C)[C@@H](O)CC1=O)[C@H](C)C[C@@H]2OC. The van der Waals surface area contributed by atoms with E-state index in [1.807, 2.05) is 32.9 Å². The van der Waals surface area contributed by atoms with Crippen LogP contribution in [0.15, 0.2) is 47.6 Å². The van der Waals surface area contributed by atoms with Gasteiger partial charge in [0.25, 0.3) is 11.7 Å². The van der Waals surface area contributed by atoms with Crippen molar-refractivity contribution >= 4 is 35.0 Å². The van der Waals surface area contributed by atoms with Crippen molar-refractivity contribution in [3.63, 3.8) is 0 Å². The van der Waals surface area contributed by atoms with Crippen molar-refractivity contribution in [2.45, 2.75) is 167 Å². The second-order valence-corrected chi connectivity index (χ2v) is 19.5. The topological polar surface area (TPSA) is 196 Å². The first-order valence-electron chi connectivity index (χ1n) is 24.1. The number of cyclic esters (lactones) is 1. The van der Waals surface area contributed by atoms with Crippen LogP contribution in [0.5, 0.6) is 0 Å². The Bertz CT molecular complexity index is 1940. The number of Topliss-reactive ketones (excluding diaryl/α,β-unsaturated/α-hetero) is 2. The van der Waals surface area contributed by atoms with Gasteiger partial charge in [-0.2, -0.15) is 0 Å². The predicted octanol–water partition coefficient (Wildman–Crippen LogP) is 6.28. The molecule has 0 radical (unpaired) electrons. The molecule has 2 saturated heterocycles. The van der Waals surface area contributed by atoms with Crippen LogP contribution in [0.1, 0.15) is 112 Å². The summed E-state index contributed by atoms with van der Waals surface area (Å²) in [6, 6.07) is 4.40. The van der Waals surface area contributed by atoms with E-state index in [9.17, 15) is 38.6 Å². The molecule has 374 valence electrons. The lowest BCUT2D eigenvalue weighted by molar-refractivity contribution is -0.302. The number of allylic oxidation sites excluding steroid dienone is 3. The summed E-state index contributed by atoms with van der Waals surface area (Å²) < 4.78 is 49.8. The van der Waals surface area contributed by atoms with Gasteiger partial charge in [-0.25, -0.2) is 9.18 Å². The molecule has 3 fully saturated rings. The lowest BCUT2D eigenvalue weighted by Gasteiger charge is -2.47. The number of fused-ring (bicyclic) bond motifs is 3. The Hall–Kier alpha value is -3.90. The van der Waals surface area contributed by atoms with Gasteiger partial charge < -0.3 is 48.9 Å². The van der Waals surface area contributed by atoms with Crippen LogP contribution < -0.4 is 5.32 Å². The molecule has 67 heavy (non-hydrogen) atoms. The molecule has 3 aliphatic heterocycles. The molecule has 4 aliphatic rings. The molecule has 0 aromatic heterocycles. The minimum absolute atomic E-state index is 0.00792. The van der Waals surface area contributed by atoms with Crippen LogP contribution in [-0.4, -0.2) is 134 Å². The van der Waals surface area contributed by atoms with Crippen LogP contribution in [0, 0.1) is 35.4 Å². The lowest BCUT2D eigenvalue weighted by atomic mass is 9.81. The van der Waals surface area contributed by atoms with Crippen molar-refractivity contribution in [1.29, 1.82) is 0 Å². The first-order valence-corrected chi connectivity index (χ1v) is 24.1. The van der Waals surface area contributed by atoms with Gasteiger partial charge in [0, 0.05) is 57.7 Å². The number of esters is 1. The summed E-state index contributed by atoms with van der Waals surface area (Å²) in [6.45, 7) is 10.9. The second kappa shape index (κ2) is 24.6. The molecule has 1 saturated carbocycles. The fourth-order valence-corrected chi connectivity index (χ4v) is 10.5. The smallest absolute Gasteiger partial charge is 0.329 e. The summed E-state index contributed by atoms with van der Waals surface area (Å²) in [7, 11) is 4.61. The number of halogens is 1. The van der Waals surface area contributed by atoms with Crippen LogP contribution in [0.2, 0.25) is 0 Å². The van der Waals surface area contributed by atoms with Crippen molar-refractivity contribution in [2.24, 2.45) is 29.6 Å². The number of aliphatic hydroxyl groups excluding tert-OH is 1. The van der Waals surface area contributed by atoms with Crippen molar-refractivity contribution in [1.82, 2.24) is 4.90 Å². The Labute approximate surface area is 395 Å². The number of benzene rings is 1. The van der Waals surface area contributed by atoms with E-state index in [4.69, 9.17) is 28.4 Å². The van der Waals surface area contributed by atoms with Crippen LogP contribution in [0.3, 0.4) is 0 Å². The molecule has 14 atom stereocenters. The number of hydrogen-bond donors (Lipinski definition) is 3. The molecule has 1 aromatic rings. The van der Waals surface area contributed by atoms with Gasteiger partial charge in [-0.15, -0.1) is 0 Å². The van der Waals surface area contributed by atoms with Gasteiger partial charge in [-0.1, -0.05) is 51.5 Å². The third-order valence-corrected chi connectivity index (χ3v) is 14.4. The number of amides is 2. The molecule has 1 aromatic carbocycles. The fourth-order valence-electron chi connectivity index (χ4n) is 10.5. The first kappa shape index (κ1) is 54.0. The second-order valence-electron chi connectivity index (χ2n) is 19.5. The number of rotatable bonds is 10. The number of aliphatic hydroxyl groups is 2. The largest absolute Gasteiger partial charge is 0.456 e. The van der Waals surface area contributed by atoms with Gasteiger partial charge in [-0.05, 0) is 114 Å². The quantitative estimate of drug-likeness (QED) is 0.135. The molecular weight excluding hydrogens is 868 g/mol. The number of methoxy groups -OCH3 is 3. The lowest BCUT2D eigenvalue weighted by Crippen LogP contribution is -2.64. The van der Waals surface area contributed by atoms with Crippen molar-refractivity contribution in [3.8, 4) is 0 Å². The molecule has 3 heterocycles. The molecular formula is C51H75FN2O13. The zero-order valence-electron chi connectivity index (χ0n) is 40.9. The highest BCUT2D eigenvalue weighted by molar-refractivity contribution is 6.39. The Morgan fingerprint density at radius 3 is 2.33 bits per heavy atom. The highest BCUT2D eigenvalue weighted by Gasteiger charge is 2.56. The normalized spacial score (nSPS) is 36.5. The fraction of sp³-hybridized carbons (Fsp3) is 0.706. The number of piperidine rings is 1. The average molecular weight is 943 g/mol. The van der Waals surface area contributed by atoms with Gasteiger partial charge >= 0.3 is 5.97 Å². The summed E-state index contributed by atoms with van der Waals surface area (Å²) >= 11 is 0. The van der Waals surface area contributed by atoms with Gasteiger partial charge in [-0.3, -0.25) is 19.2 Å². The highest BCUT2D eigenvalue weighted by Crippen LogP contribution is 2.39. The van der Waals surface area contributed by atoms with Crippen LogP contribution in [-0.2, 0) is 52.4 Å². The molecule has 3 N–H and O–H groups in total. The zero-order chi connectivity index (χ0) is 49.2. The minimum atomic E-state index is -2.54. The van der Waals surface area contributed by atoms with E-state index in [0.717, 1.165) is 5.57 Å². The Balaban J connectivity index is 1.43. The summed E-state index contributed by atoms with van der Waals surface area (Å²) in [4.78, 5) is 71.0. The molecule has 5 rings (SSSR count). The first-order chi connectivity index (χ1) is 31.8. The van der Waals surface area contributed by atoms with Crippen molar-refractivity contribution < 1.29 is 67.0 Å². The van der Waals surface area contributed by atoms with E-state index in [2.05, 4.69) is 5.32 Å². The molecule has 16 heteroatoms. The van der Waals surface area contributed by atoms with Gasteiger partial charge in [0.15, 0.2) is 0 Å². The molecule has 2 bridgehead atoms. The molecule has 1 unspecified atom stereocenters.